The summed E-state index contributed by atoms with van der Waals surface area (Å²) in [6, 6.07) is 7.65. The summed E-state index contributed by atoms with van der Waals surface area (Å²) < 4.78 is 54.6. The minimum Gasteiger partial charge on any atom is -0.496 e. The minimum absolute atomic E-state index is 0.0744. The molecule has 1 aliphatic carbocycles. The van der Waals surface area contributed by atoms with Gasteiger partial charge in [-0.05, 0) is 86.3 Å². The van der Waals surface area contributed by atoms with Gasteiger partial charge in [0, 0.05) is 107 Å². The Hall–Kier alpha value is -5.22. The van der Waals surface area contributed by atoms with Gasteiger partial charge in [-0.1, -0.05) is 30.3 Å². The van der Waals surface area contributed by atoms with Crippen LogP contribution in [0.2, 0.25) is 0 Å². The Labute approximate surface area is 364 Å². The van der Waals surface area contributed by atoms with Gasteiger partial charge in [0.2, 0.25) is 11.5 Å². The molecule has 2 saturated heterocycles. The Kier molecular flexibility index (Phi) is 10.2. The van der Waals surface area contributed by atoms with E-state index in [-0.39, 0.29) is 19.4 Å². The van der Waals surface area contributed by atoms with E-state index in [1.165, 1.54) is 28.3 Å². The van der Waals surface area contributed by atoms with Crippen molar-refractivity contribution in [3.05, 3.63) is 75.3 Å². The topological polar surface area (TPSA) is 183 Å². The lowest BCUT2D eigenvalue weighted by atomic mass is 9.47. The number of aromatic amines is 1. The maximum absolute atomic E-state index is 15.4. The number of hydrogen-bond acceptors (Lipinski definition) is 12. The summed E-state index contributed by atoms with van der Waals surface area (Å²) >= 11 is 0. The van der Waals surface area contributed by atoms with Crippen molar-refractivity contribution in [1.82, 2.24) is 14.8 Å². The van der Waals surface area contributed by atoms with E-state index in [1.54, 1.807) is 25.2 Å². The fraction of sp³-hybridized carbons (Fsp3) is 0.587. The maximum Gasteiger partial charge on any atom is 0.344 e. The number of halogens is 2. The number of azide groups is 1. The van der Waals surface area contributed by atoms with Crippen LogP contribution in [0.4, 0.5) is 20.2 Å². The SMILES string of the molecule is CC[C@@]12C=CCN3CCC4(c5cc([C@@]6(C(=O)OC)CC7CC(C(C)(F)F)CN(CCc8c6[nH]c6ccc(N=[N+]=[N-])cc86)C7)c(OC)cc5N(C)C4[C@](O)(C(=O)OC)[C@H]1OC(C)=O)C32. The number of likely N-dealkylation sites (N-methyl/N-ethyl adjacent to an activating group) is 1. The number of aliphatic hydroxyl groups is 1. The van der Waals surface area contributed by atoms with E-state index in [0.29, 0.717) is 79.3 Å². The number of methoxy groups -OCH3 is 3. The second-order valence-corrected chi connectivity index (χ2v) is 18.7. The van der Waals surface area contributed by atoms with Crippen molar-refractivity contribution in [2.24, 2.45) is 22.4 Å². The Morgan fingerprint density at radius 1 is 1.06 bits per heavy atom. The highest BCUT2D eigenvalue weighted by Crippen LogP contribution is 2.68. The van der Waals surface area contributed by atoms with Gasteiger partial charge in [-0.2, -0.15) is 0 Å². The van der Waals surface area contributed by atoms with Crippen molar-refractivity contribution in [2.75, 3.05) is 66.0 Å². The van der Waals surface area contributed by atoms with Crippen LogP contribution in [-0.2, 0) is 45.8 Å². The predicted molar refractivity (Wildman–Crippen MR) is 228 cm³/mol. The number of nitrogens with zero attached hydrogens (tertiary/aromatic N) is 6. The third-order valence-electron chi connectivity index (χ3n) is 15.8. The summed E-state index contributed by atoms with van der Waals surface area (Å²) in [5.74, 6) is -6.27. The number of esters is 3. The largest absolute Gasteiger partial charge is 0.496 e. The fourth-order valence-corrected chi connectivity index (χ4v) is 13.6. The van der Waals surface area contributed by atoms with Crippen LogP contribution < -0.4 is 9.64 Å². The van der Waals surface area contributed by atoms with Crippen LogP contribution in [0.25, 0.3) is 21.3 Å². The molecular formula is C46H55F2N7O8. The van der Waals surface area contributed by atoms with Crippen molar-refractivity contribution in [2.45, 2.75) is 93.4 Å². The van der Waals surface area contributed by atoms with Gasteiger partial charge in [-0.25, -0.2) is 13.6 Å². The Balaban J connectivity index is 1.37. The van der Waals surface area contributed by atoms with E-state index in [0.717, 1.165) is 23.4 Å². The van der Waals surface area contributed by atoms with Crippen LogP contribution >= 0.6 is 0 Å². The molecule has 1 aromatic heterocycles. The minimum atomic E-state index is -2.98. The first-order chi connectivity index (χ1) is 30.0. The number of piperidine rings is 1. The lowest BCUT2D eigenvalue weighted by molar-refractivity contribution is -0.228. The molecule has 6 unspecified atom stereocenters. The molecule has 5 aliphatic heterocycles. The molecule has 1 spiro atoms. The van der Waals surface area contributed by atoms with E-state index >= 15 is 13.6 Å². The molecular weight excluding hydrogens is 817 g/mol. The van der Waals surface area contributed by atoms with Crippen LogP contribution in [0.5, 0.6) is 5.75 Å². The average molecular weight is 872 g/mol. The molecule has 1 saturated carbocycles. The number of carbonyl (C=O) groups excluding carboxylic acids is 3. The highest BCUT2D eigenvalue weighted by Gasteiger charge is 2.80. The van der Waals surface area contributed by atoms with Crippen LogP contribution in [-0.4, -0.2) is 129 Å². The normalized spacial score (nSPS) is 34.3. The molecule has 10 atom stereocenters. The molecule has 2 aromatic carbocycles. The predicted octanol–water partition coefficient (Wildman–Crippen LogP) is 6.06. The Bertz CT molecular complexity index is 2480. The number of H-pyrrole nitrogens is 1. The lowest BCUT2D eigenvalue weighted by Crippen LogP contribution is -2.81. The number of rotatable bonds is 8. The van der Waals surface area contributed by atoms with Crippen molar-refractivity contribution in [1.29, 1.82) is 0 Å². The molecule has 0 amide bonds. The number of ether oxygens (including phenoxy) is 4. The molecule has 17 heteroatoms. The molecule has 2 bridgehead atoms. The number of anilines is 1. The summed E-state index contributed by atoms with van der Waals surface area (Å²) in [6.45, 7) is 6.43. The smallest absolute Gasteiger partial charge is 0.344 e. The third-order valence-corrected chi connectivity index (χ3v) is 15.8. The number of fused-ring (bicyclic) bond motifs is 6. The second kappa shape index (κ2) is 14.9. The van der Waals surface area contributed by atoms with E-state index in [1.807, 2.05) is 36.1 Å². The summed E-state index contributed by atoms with van der Waals surface area (Å²) in [4.78, 5) is 55.7. The molecule has 0 radical (unpaired) electrons. The zero-order valence-corrected chi connectivity index (χ0v) is 36.7. The van der Waals surface area contributed by atoms with Gasteiger partial charge in [0.25, 0.3) is 0 Å². The molecule has 2 N–H and O–H groups in total. The Morgan fingerprint density at radius 3 is 2.49 bits per heavy atom. The van der Waals surface area contributed by atoms with Crippen molar-refractivity contribution >= 4 is 40.2 Å². The van der Waals surface area contributed by atoms with E-state index in [9.17, 15) is 20.2 Å². The second-order valence-electron chi connectivity index (χ2n) is 18.7. The molecule has 6 heterocycles. The van der Waals surface area contributed by atoms with Crippen LogP contribution in [0.15, 0.2) is 47.6 Å². The summed E-state index contributed by atoms with van der Waals surface area (Å²) in [5.41, 5.74) is 7.39. The van der Waals surface area contributed by atoms with Crippen LogP contribution in [0.3, 0.4) is 0 Å². The van der Waals surface area contributed by atoms with Gasteiger partial charge in [0.05, 0.1) is 27.4 Å². The highest BCUT2D eigenvalue weighted by molar-refractivity contribution is 5.95. The molecule has 6 aliphatic rings. The average Bonchev–Trinajstić information content (AvgIpc) is 3.92. The Morgan fingerprint density at radius 2 is 1.83 bits per heavy atom. The monoisotopic (exact) mass is 871 g/mol. The number of benzene rings is 2. The van der Waals surface area contributed by atoms with Gasteiger partial charge >= 0.3 is 17.9 Å². The van der Waals surface area contributed by atoms with Gasteiger partial charge in [0.1, 0.15) is 11.2 Å². The summed E-state index contributed by atoms with van der Waals surface area (Å²) in [5, 5.41) is 17.9. The van der Waals surface area contributed by atoms with Crippen molar-refractivity contribution < 1.29 is 47.2 Å². The van der Waals surface area contributed by atoms with Gasteiger partial charge in [-0.15, -0.1) is 0 Å². The number of hydrogen-bond donors (Lipinski definition) is 2. The zero-order valence-electron chi connectivity index (χ0n) is 36.7. The molecule has 3 aromatic rings. The van der Waals surface area contributed by atoms with Crippen LogP contribution in [0.1, 0.15) is 68.8 Å². The quantitative estimate of drug-likeness (QED) is 0.0670. The van der Waals surface area contributed by atoms with E-state index in [4.69, 9.17) is 18.9 Å². The standard InChI is InChI=1S/C46H55F2N7O8/c1-8-43-13-9-15-55-17-14-44(37(43)55)31-20-32(35(60-5)21-34(31)53(4)38(44)46(59,41(58)62-7)39(43)63-25(2)56)45(40(57)61-6)22-26-18-27(42(3,47)48)24-54(23-26)16-12-29-30-19-28(51-52-49)10-11-33(30)50-36(29)45/h9-11,13,19-21,26-27,37-39,50,59H,8,12,14-18,22-24H2,1-7H3/t26?,27?,37?,38?,39-,43-,44?,45-,46+/m0/s1. The molecule has 9 rings (SSSR count). The van der Waals surface area contributed by atoms with Crippen molar-refractivity contribution in [3.63, 3.8) is 0 Å². The lowest BCUT2D eigenvalue weighted by Gasteiger charge is -2.63. The first-order valence-electron chi connectivity index (χ1n) is 21.7. The molecule has 63 heavy (non-hydrogen) atoms. The number of alkyl halides is 2. The number of carbonyl (C=O) groups is 3. The summed E-state index contributed by atoms with van der Waals surface area (Å²) in [7, 11) is 5.83. The number of aromatic nitrogens is 1. The first-order valence-corrected chi connectivity index (χ1v) is 21.7. The molecule has 3 fully saturated rings. The molecule has 336 valence electrons. The van der Waals surface area contributed by atoms with Crippen molar-refractivity contribution in [3.8, 4) is 5.75 Å². The van der Waals surface area contributed by atoms with E-state index in [2.05, 4.69) is 24.8 Å². The van der Waals surface area contributed by atoms with E-state index < -0.39 is 75.7 Å². The first kappa shape index (κ1) is 43.1. The van der Waals surface area contributed by atoms with Gasteiger partial charge in [-0.3, -0.25) is 14.5 Å². The van der Waals surface area contributed by atoms with Gasteiger partial charge in [0.15, 0.2) is 6.10 Å². The van der Waals surface area contributed by atoms with Gasteiger partial charge < -0.3 is 38.8 Å². The molecule has 15 nitrogen and oxygen atoms in total. The maximum atomic E-state index is 15.4. The van der Waals surface area contributed by atoms with Crippen LogP contribution in [0, 0.1) is 17.3 Å². The number of nitrogens with one attached hydrogen (secondary N) is 1. The zero-order chi connectivity index (χ0) is 45.0. The summed E-state index contributed by atoms with van der Waals surface area (Å²) in [6.07, 6.45) is 4.13. The highest BCUT2D eigenvalue weighted by atomic mass is 19.3. The third kappa shape index (κ3) is 5.84. The fourth-order valence-electron chi connectivity index (χ4n) is 13.6.